The van der Waals surface area contributed by atoms with Gasteiger partial charge in [0.1, 0.15) is 4.91 Å². The third kappa shape index (κ3) is 8.37. The number of guanidine groups is 2. The van der Waals surface area contributed by atoms with Gasteiger partial charge in [0.2, 0.25) is 23.7 Å². The van der Waals surface area contributed by atoms with Crippen molar-refractivity contribution in [3.05, 3.63) is 61.4 Å². The molecule has 0 fully saturated rings. The Morgan fingerprint density at radius 2 is 1.12 bits per heavy atom. The molecular weight excluding hydrogens is 632 g/mol. The quantitative estimate of drug-likeness (QED) is 0.230. The van der Waals surface area contributed by atoms with Crippen LogP contribution in [0.25, 0.3) is 0 Å². The molecule has 2 heterocycles. The molecule has 0 aromatic heterocycles. The van der Waals surface area contributed by atoms with Crippen LogP contribution in [0.15, 0.2) is 46.4 Å². The molecule has 4 rings (SSSR count). The summed E-state index contributed by atoms with van der Waals surface area (Å²) in [5.41, 5.74) is 0.937. The van der Waals surface area contributed by atoms with E-state index >= 15 is 0 Å². The number of hydrogen-bond acceptors (Lipinski definition) is 9. The molecule has 2 aliphatic rings. The lowest BCUT2D eigenvalue weighted by atomic mass is 10.3. The Morgan fingerprint density at radius 3 is 1.50 bits per heavy atom. The maximum atomic E-state index is 12.7. The second-order valence-electron chi connectivity index (χ2n) is 9.04. The van der Waals surface area contributed by atoms with Crippen LogP contribution in [0.3, 0.4) is 0 Å². The first-order chi connectivity index (χ1) is 20.2. The number of carbonyl (C=O) groups excluding carboxylic acids is 2. The second-order valence-corrected chi connectivity index (χ2v) is 10.7. The van der Waals surface area contributed by atoms with Crippen molar-refractivity contribution in [1.29, 1.82) is 0 Å². The summed E-state index contributed by atoms with van der Waals surface area (Å²) in [5.74, 6) is 0.321. The fourth-order valence-corrected chi connectivity index (χ4v) is 5.07. The first-order valence-corrected chi connectivity index (χ1v) is 14.6. The van der Waals surface area contributed by atoms with Gasteiger partial charge in [0.15, 0.2) is 13.2 Å². The Balaban J connectivity index is 1.11. The molecule has 0 aliphatic carbocycles. The number of anilines is 2. The number of hydrogen-bond donors (Lipinski definition) is 2. The lowest BCUT2D eigenvalue weighted by Gasteiger charge is -2.20. The van der Waals surface area contributed by atoms with Crippen molar-refractivity contribution in [2.45, 2.75) is 25.7 Å². The van der Waals surface area contributed by atoms with E-state index in [1.807, 2.05) is 0 Å². The first kappa shape index (κ1) is 31.6. The second kappa shape index (κ2) is 15.2. The van der Waals surface area contributed by atoms with E-state index in [4.69, 9.17) is 56.1 Å². The van der Waals surface area contributed by atoms with Crippen LogP contribution in [0.5, 0.6) is 0 Å². The van der Waals surface area contributed by atoms with Gasteiger partial charge in [-0.05, 0) is 37.1 Å². The fraction of sp³-hybridized carbons (Fsp3) is 0.385. The first-order valence-electron chi connectivity index (χ1n) is 13.1. The van der Waals surface area contributed by atoms with E-state index in [1.165, 1.54) is 9.80 Å². The van der Waals surface area contributed by atoms with Crippen molar-refractivity contribution in [3.8, 4) is 0 Å². The van der Waals surface area contributed by atoms with Crippen LogP contribution >= 0.6 is 46.4 Å². The van der Waals surface area contributed by atoms with Gasteiger partial charge in [-0.3, -0.25) is 29.4 Å². The van der Waals surface area contributed by atoms with Crippen LogP contribution in [-0.2, 0) is 19.3 Å². The van der Waals surface area contributed by atoms with Gasteiger partial charge in [0.25, 0.3) is 0 Å². The molecule has 2 aromatic rings. The molecule has 0 saturated carbocycles. The number of aliphatic imine (C=N–C) groups is 2. The van der Waals surface area contributed by atoms with Crippen molar-refractivity contribution < 1.29 is 24.4 Å². The van der Waals surface area contributed by atoms with Crippen molar-refractivity contribution >= 4 is 81.5 Å². The number of carbonyl (C=O) groups is 2. The zero-order valence-electron chi connectivity index (χ0n) is 22.3. The Labute approximate surface area is 262 Å². The highest BCUT2D eigenvalue weighted by Gasteiger charge is 2.26. The summed E-state index contributed by atoms with van der Waals surface area (Å²) in [4.78, 5) is 58.8. The smallest absolute Gasteiger partial charge is 0.323 e. The lowest BCUT2D eigenvalue weighted by molar-refractivity contribution is -0.981. The Morgan fingerprint density at radius 1 is 0.738 bits per heavy atom. The Hall–Kier alpha value is -3.32. The number of amides is 2. The molecule has 42 heavy (non-hydrogen) atoms. The Kier molecular flexibility index (Phi) is 11.5. The van der Waals surface area contributed by atoms with Gasteiger partial charge in [-0.25, -0.2) is 0 Å². The van der Waals surface area contributed by atoms with Gasteiger partial charge < -0.3 is 10.6 Å². The fourth-order valence-electron chi connectivity index (χ4n) is 4.08. The normalized spacial score (nSPS) is 14.4. The number of nitrogens with one attached hydrogen (secondary N) is 2. The van der Waals surface area contributed by atoms with Crippen LogP contribution in [0.1, 0.15) is 25.7 Å². The molecule has 0 saturated heterocycles. The van der Waals surface area contributed by atoms with Gasteiger partial charge in [0.05, 0.1) is 44.6 Å². The molecule has 12 nitrogen and oxygen atoms in total. The largest absolute Gasteiger partial charge is 0.477 e. The Bertz CT molecular complexity index is 1250. The van der Waals surface area contributed by atoms with E-state index in [1.54, 1.807) is 36.4 Å². The van der Waals surface area contributed by atoms with Gasteiger partial charge >= 0.3 is 5.09 Å². The van der Waals surface area contributed by atoms with Gasteiger partial charge in [0, 0.05) is 25.9 Å². The van der Waals surface area contributed by atoms with Gasteiger partial charge in [-0.15, -0.1) is 0 Å². The van der Waals surface area contributed by atoms with Crippen LogP contribution in [-0.4, -0.2) is 78.0 Å². The highest BCUT2D eigenvalue weighted by molar-refractivity contribution is 6.40. The van der Waals surface area contributed by atoms with Gasteiger partial charge in [-0.1, -0.05) is 58.5 Å². The molecule has 0 atom stereocenters. The van der Waals surface area contributed by atoms with Crippen LogP contribution in [0.2, 0.25) is 20.1 Å². The third-order valence-electron chi connectivity index (χ3n) is 6.15. The maximum Gasteiger partial charge on any atom is 0.477 e. The van der Waals surface area contributed by atoms with Crippen molar-refractivity contribution in [1.82, 2.24) is 9.80 Å². The average Bonchev–Trinajstić information content (AvgIpc) is 3.63. The highest BCUT2D eigenvalue weighted by atomic mass is 35.5. The summed E-state index contributed by atoms with van der Waals surface area (Å²) in [6.45, 7) is 1.62. The molecular formula is C26H28Cl4N7O5+. The molecule has 0 spiro atoms. The van der Waals surface area contributed by atoms with E-state index in [9.17, 15) is 14.5 Å². The summed E-state index contributed by atoms with van der Waals surface area (Å²) in [7, 11) is 0. The molecule has 2 aromatic carbocycles. The summed E-state index contributed by atoms with van der Waals surface area (Å²) < 4.78 is 0. The highest BCUT2D eigenvalue weighted by Crippen LogP contribution is 2.31. The molecule has 0 radical (unpaired) electrons. The van der Waals surface area contributed by atoms with Crippen LogP contribution in [0, 0.1) is 4.91 Å². The molecule has 0 bridgehead atoms. The zero-order chi connectivity index (χ0) is 30.1. The third-order valence-corrected chi connectivity index (χ3v) is 7.41. The number of nitrogens with zero attached hydrogens (tertiary/aromatic N) is 5. The van der Waals surface area contributed by atoms with E-state index in [-0.39, 0.29) is 55.8 Å². The number of benzene rings is 2. The van der Waals surface area contributed by atoms with Crippen molar-refractivity contribution in [2.75, 3.05) is 50.0 Å². The predicted molar refractivity (Wildman–Crippen MR) is 162 cm³/mol. The monoisotopic (exact) mass is 658 g/mol. The molecule has 2 amide bonds. The summed E-state index contributed by atoms with van der Waals surface area (Å²) in [6.07, 6.45) is 0.782. The summed E-state index contributed by atoms with van der Waals surface area (Å²) in [6, 6.07) is 10.2. The minimum Gasteiger partial charge on any atom is -0.323 e. The zero-order valence-corrected chi connectivity index (χ0v) is 25.3. The molecule has 16 heteroatoms. The minimum absolute atomic E-state index is 0.0116. The summed E-state index contributed by atoms with van der Waals surface area (Å²) >= 11 is 24.8. The lowest BCUT2D eigenvalue weighted by Crippen LogP contribution is -2.38. The number of para-hydroxylation sites is 2. The molecule has 2 aliphatic heterocycles. The van der Waals surface area contributed by atoms with E-state index in [0.29, 0.717) is 69.6 Å². The van der Waals surface area contributed by atoms with Crippen LogP contribution in [0.4, 0.5) is 11.4 Å². The molecule has 2 N–H and O–H groups in total. The predicted octanol–water partition coefficient (Wildman–Crippen LogP) is 5.42. The van der Waals surface area contributed by atoms with Crippen molar-refractivity contribution in [3.63, 3.8) is 0 Å². The number of rotatable bonds is 12. The molecule has 0 unspecified atom stereocenters. The number of halogens is 4. The topological polar surface area (TPSA) is 128 Å². The standard InChI is InChI=1S/C26H28Cl4N7O5/c27-17-5-1-6-18(28)23(17)33-25-31-11-13-35(25)21(38)9-3-15-41-37(40)42-16-4-10-22(39)36-14-12-32-26(36)34-24-19(29)7-2-8-20(24)30/h1-2,5-8H,3-4,9-16H2,(H,31,33)(H,32,34)/q+1. The minimum atomic E-state index is -0.196. The van der Waals surface area contributed by atoms with Gasteiger partial charge in [-0.2, -0.15) is 9.68 Å². The van der Waals surface area contributed by atoms with E-state index < -0.39 is 0 Å². The van der Waals surface area contributed by atoms with E-state index in [0.717, 1.165) is 0 Å². The van der Waals surface area contributed by atoms with Crippen LogP contribution < -0.4 is 10.6 Å². The van der Waals surface area contributed by atoms with E-state index in [2.05, 4.69) is 20.6 Å². The molecule has 224 valence electrons. The van der Waals surface area contributed by atoms with Crippen molar-refractivity contribution in [2.24, 2.45) is 9.98 Å². The SMILES string of the molecule is O=C(CCCO[N+](=O)OCCCC(=O)N1CCN=C1Nc1c(Cl)cccc1Cl)N1CCN=C1Nc1c(Cl)cccc1Cl. The average molecular weight is 660 g/mol. The summed E-state index contributed by atoms with van der Waals surface area (Å²) in [5, 5.41) is 7.66. The maximum absolute atomic E-state index is 12.7.